The highest BCUT2D eigenvalue weighted by Gasteiger charge is 2.33. The first-order valence-corrected chi connectivity index (χ1v) is 15.5. The van der Waals surface area contributed by atoms with Crippen LogP contribution in [0.2, 0.25) is 15.1 Å². The zero-order chi connectivity index (χ0) is 28.9. The van der Waals surface area contributed by atoms with Crippen LogP contribution in [0.15, 0.2) is 77.7 Å². The topological polar surface area (TPSA) is 86.8 Å². The Morgan fingerprint density at radius 3 is 2.20 bits per heavy atom. The predicted octanol–water partition coefficient (Wildman–Crippen LogP) is 6.32. The second-order valence-electron chi connectivity index (χ2n) is 9.74. The molecule has 4 rings (SSSR count). The number of sulfonamides is 1. The molecule has 1 N–H and O–H groups in total. The molecular weight excluding hydrogens is 593 g/mol. The highest BCUT2D eigenvalue weighted by Crippen LogP contribution is 2.27. The molecule has 11 heteroatoms. The highest BCUT2D eigenvalue weighted by molar-refractivity contribution is 7.92. The van der Waals surface area contributed by atoms with Crippen molar-refractivity contribution in [2.24, 2.45) is 0 Å². The van der Waals surface area contributed by atoms with Crippen molar-refractivity contribution in [3.05, 3.63) is 93.4 Å². The third-order valence-corrected chi connectivity index (χ3v) is 9.71. The molecule has 0 unspecified atom stereocenters. The minimum Gasteiger partial charge on any atom is -0.352 e. The van der Waals surface area contributed by atoms with Crippen LogP contribution in [-0.4, -0.2) is 43.8 Å². The largest absolute Gasteiger partial charge is 0.352 e. The van der Waals surface area contributed by atoms with Gasteiger partial charge < -0.3 is 10.2 Å². The molecule has 1 aliphatic carbocycles. The molecule has 212 valence electrons. The number of amides is 2. The van der Waals surface area contributed by atoms with Gasteiger partial charge in [0.1, 0.15) is 12.6 Å². The summed E-state index contributed by atoms with van der Waals surface area (Å²) in [6.07, 6.45) is 3.86. The Kier molecular flexibility index (Phi) is 10.0. The smallest absolute Gasteiger partial charge is 0.264 e. The van der Waals surface area contributed by atoms with Gasteiger partial charge in [0.15, 0.2) is 0 Å². The third kappa shape index (κ3) is 7.29. The Morgan fingerprint density at radius 2 is 1.57 bits per heavy atom. The fraction of sp³-hybridized carbons (Fsp3) is 0.310. The maximum absolute atomic E-state index is 14.0. The summed E-state index contributed by atoms with van der Waals surface area (Å²) >= 11 is 18.4. The van der Waals surface area contributed by atoms with Crippen LogP contribution in [0.3, 0.4) is 0 Å². The van der Waals surface area contributed by atoms with Gasteiger partial charge in [-0.2, -0.15) is 0 Å². The quantitative estimate of drug-likeness (QED) is 0.287. The van der Waals surface area contributed by atoms with E-state index in [0.29, 0.717) is 20.6 Å². The van der Waals surface area contributed by atoms with Gasteiger partial charge in [0.25, 0.3) is 10.0 Å². The van der Waals surface area contributed by atoms with Gasteiger partial charge in [-0.3, -0.25) is 13.9 Å². The van der Waals surface area contributed by atoms with Crippen molar-refractivity contribution in [2.45, 2.75) is 56.1 Å². The summed E-state index contributed by atoms with van der Waals surface area (Å²) in [5.41, 5.74) is 0.909. The van der Waals surface area contributed by atoms with Crippen molar-refractivity contribution in [3.8, 4) is 0 Å². The van der Waals surface area contributed by atoms with E-state index < -0.39 is 28.5 Å². The highest BCUT2D eigenvalue weighted by atomic mass is 35.5. The number of halogens is 3. The fourth-order valence-corrected chi connectivity index (χ4v) is 6.55. The van der Waals surface area contributed by atoms with Crippen molar-refractivity contribution in [1.29, 1.82) is 0 Å². The molecular formula is C29H30Cl3N3O4S. The Bertz CT molecular complexity index is 1450. The van der Waals surface area contributed by atoms with Crippen LogP contribution in [-0.2, 0) is 26.2 Å². The van der Waals surface area contributed by atoms with Crippen molar-refractivity contribution >= 4 is 62.3 Å². The lowest BCUT2D eigenvalue weighted by Crippen LogP contribution is -2.52. The molecule has 1 saturated carbocycles. The maximum Gasteiger partial charge on any atom is 0.264 e. The summed E-state index contributed by atoms with van der Waals surface area (Å²) in [6.45, 7) is 1.12. The molecule has 0 heterocycles. The fourth-order valence-electron chi connectivity index (χ4n) is 4.67. The number of hydrogen-bond donors (Lipinski definition) is 1. The molecule has 2 amide bonds. The molecule has 3 aromatic carbocycles. The van der Waals surface area contributed by atoms with Gasteiger partial charge in [-0.05, 0) is 73.9 Å². The first-order chi connectivity index (χ1) is 19.1. The summed E-state index contributed by atoms with van der Waals surface area (Å²) in [5, 5.41) is 4.13. The number of carbonyl (C=O) groups is 2. The van der Waals surface area contributed by atoms with E-state index in [-0.39, 0.29) is 29.1 Å². The van der Waals surface area contributed by atoms with Crippen LogP contribution >= 0.6 is 34.8 Å². The van der Waals surface area contributed by atoms with Gasteiger partial charge in [-0.15, -0.1) is 0 Å². The molecule has 3 aromatic rings. The molecule has 1 atom stereocenters. The molecule has 0 saturated heterocycles. The molecule has 0 bridgehead atoms. The van der Waals surface area contributed by atoms with Gasteiger partial charge in [0.2, 0.25) is 11.8 Å². The van der Waals surface area contributed by atoms with Gasteiger partial charge in [-0.1, -0.05) is 71.9 Å². The van der Waals surface area contributed by atoms with E-state index in [1.54, 1.807) is 55.5 Å². The molecule has 40 heavy (non-hydrogen) atoms. The second-order valence-corrected chi connectivity index (χ2v) is 12.9. The number of anilines is 1. The average molecular weight is 623 g/mol. The standard InChI is InChI=1S/C29H30Cl3N3O4S/c1-20(29(37)33-23-7-5-6-8-23)34(18-21-11-16-26(31)27(32)17-21)28(36)19-35(24-14-12-22(30)13-15-24)40(38,39)25-9-3-2-4-10-25/h2-4,9-17,20,23H,5-8,18-19H2,1H3,(H,33,37)/t20-/m0/s1. The number of carbonyl (C=O) groups excluding carboxylic acids is 2. The van der Waals surface area contributed by atoms with Crippen LogP contribution in [0.4, 0.5) is 5.69 Å². The molecule has 0 aliphatic heterocycles. The normalized spacial score (nSPS) is 14.5. The van der Waals surface area contributed by atoms with Crippen LogP contribution in [0, 0.1) is 0 Å². The Labute approximate surface area is 250 Å². The number of benzene rings is 3. The summed E-state index contributed by atoms with van der Waals surface area (Å²) in [7, 11) is -4.14. The lowest BCUT2D eigenvalue weighted by Gasteiger charge is -2.32. The molecule has 1 fully saturated rings. The first kappa shape index (κ1) is 30.2. The summed E-state index contributed by atoms with van der Waals surface area (Å²) in [4.78, 5) is 28.6. The van der Waals surface area contributed by atoms with E-state index in [2.05, 4.69) is 5.32 Å². The van der Waals surface area contributed by atoms with Crippen molar-refractivity contribution in [2.75, 3.05) is 10.8 Å². The molecule has 0 aromatic heterocycles. The number of rotatable bonds is 10. The van der Waals surface area contributed by atoms with Crippen LogP contribution < -0.4 is 9.62 Å². The SMILES string of the molecule is C[C@@H](C(=O)NC1CCCC1)N(Cc1ccc(Cl)c(Cl)c1)C(=O)CN(c1ccc(Cl)cc1)S(=O)(=O)c1ccccc1. The third-order valence-electron chi connectivity index (χ3n) is 6.93. The van der Waals surface area contributed by atoms with Crippen molar-refractivity contribution in [1.82, 2.24) is 10.2 Å². The molecule has 7 nitrogen and oxygen atoms in total. The van der Waals surface area contributed by atoms with E-state index in [0.717, 1.165) is 30.0 Å². The van der Waals surface area contributed by atoms with Crippen molar-refractivity contribution in [3.63, 3.8) is 0 Å². The Balaban J connectivity index is 1.68. The van der Waals surface area contributed by atoms with Crippen LogP contribution in [0.5, 0.6) is 0 Å². The monoisotopic (exact) mass is 621 g/mol. The van der Waals surface area contributed by atoms with Gasteiger partial charge in [-0.25, -0.2) is 8.42 Å². The van der Waals surface area contributed by atoms with E-state index in [1.807, 2.05) is 0 Å². The van der Waals surface area contributed by atoms with Crippen molar-refractivity contribution < 1.29 is 18.0 Å². The predicted molar refractivity (Wildman–Crippen MR) is 159 cm³/mol. The minimum atomic E-state index is -4.14. The molecule has 1 aliphatic rings. The number of nitrogens with one attached hydrogen (secondary N) is 1. The van der Waals surface area contributed by atoms with E-state index in [4.69, 9.17) is 34.8 Å². The molecule has 0 radical (unpaired) electrons. The first-order valence-electron chi connectivity index (χ1n) is 12.9. The van der Waals surface area contributed by atoms with E-state index >= 15 is 0 Å². The summed E-state index contributed by atoms with van der Waals surface area (Å²) in [5.74, 6) is -0.862. The number of nitrogens with zero attached hydrogens (tertiary/aromatic N) is 2. The Hall–Kier alpha value is -2.78. The Morgan fingerprint density at radius 1 is 0.925 bits per heavy atom. The van der Waals surface area contributed by atoms with E-state index in [9.17, 15) is 18.0 Å². The van der Waals surface area contributed by atoms with Crippen LogP contribution in [0.1, 0.15) is 38.2 Å². The maximum atomic E-state index is 14.0. The molecule has 0 spiro atoms. The van der Waals surface area contributed by atoms with E-state index in [1.165, 1.54) is 29.2 Å². The zero-order valence-corrected chi connectivity index (χ0v) is 25.0. The van der Waals surface area contributed by atoms with Gasteiger partial charge in [0.05, 0.1) is 20.6 Å². The zero-order valence-electron chi connectivity index (χ0n) is 21.9. The number of hydrogen-bond acceptors (Lipinski definition) is 4. The lowest BCUT2D eigenvalue weighted by molar-refractivity contribution is -0.139. The van der Waals surface area contributed by atoms with Gasteiger partial charge in [0, 0.05) is 17.6 Å². The van der Waals surface area contributed by atoms with Gasteiger partial charge >= 0.3 is 0 Å². The minimum absolute atomic E-state index is 0.0226. The van der Waals surface area contributed by atoms with Crippen LogP contribution in [0.25, 0.3) is 0 Å². The lowest BCUT2D eigenvalue weighted by atomic mass is 10.1. The average Bonchev–Trinajstić information content (AvgIpc) is 3.46. The summed E-state index contributed by atoms with van der Waals surface area (Å²) < 4.78 is 28.6. The summed E-state index contributed by atoms with van der Waals surface area (Å²) in [6, 6.07) is 18.2. The second kappa shape index (κ2) is 13.3.